The number of aromatic hydroxyl groups is 1. The molecule has 2 fully saturated rings. The largest absolute Gasteiger partial charge is 0.508 e. The number of carbonyl (C=O) groups excluding carboxylic acids is 1. The Bertz CT molecular complexity index is 929. The zero-order chi connectivity index (χ0) is 20.7. The molecule has 30 heavy (non-hydrogen) atoms. The van der Waals surface area contributed by atoms with Crippen LogP contribution in [0.25, 0.3) is 0 Å². The summed E-state index contributed by atoms with van der Waals surface area (Å²) in [7, 11) is 0. The predicted molar refractivity (Wildman–Crippen MR) is 118 cm³/mol. The van der Waals surface area contributed by atoms with Crippen molar-refractivity contribution in [2.24, 2.45) is 5.92 Å². The zero-order valence-corrected chi connectivity index (χ0v) is 17.6. The number of rotatable bonds is 3. The van der Waals surface area contributed by atoms with Gasteiger partial charge in [-0.2, -0.15) is 0 Å². The van der Waals surface area contributed by atoms with E-state index in [1.165, 1.54) is 12.8 Å². The topological polar surface area (TPSA) is 64.6 Å². The van der Waals surface area contributed by atoms with E-state index in [0.29, 0.717) is 17.5 Å². The molecule has 3 N–H and O–H groups in total. The Morgan fingerprint density at radius 3 is 2.93 bits per heavy atom. The van der Waals surface area contributed by atoms with Crippen LogP contribution in [0.3, 0.4) is 0 Å². The van der Waals surface area contributed by atoms with Crippen LogP contribution >= 0.6 is 0 Å². The van der Waals surface area contributed by atoms with Crippen LogP contribution < -0.4 is 10.6 Å². The summed E-state index contributed by atoms with van der Waals surface area (Å²) >= 11 is 0. The summed E-state index contributed by atoms with van der Waals surface area (Å²) in [6, 6.07) is 14.2. The third-order valence-electron chi connectivity index (χ3n) is 7.26. The van der Waals surface area contributed by atoms with E-state index in [9.17, 15) is 9.90 Å². The van der Waals surface area contributed by atoms with E-state index < -0.39 is 0 Å². The van der Waals surface area contributed by atoms with Gasteiger partial charge in [-0.05, 0) is 73.9 Å². The molecule has 2 saturated heterocycles. The molecule has 0 saturated carbocycles. The molecule has 158 valence electrons. The van der Waals surface area contributed by atoms with E-state index in [-0.39, 0.29) is 23.7 Å². The molecule has 3 heterocycles. The van der Waals surface area contributed by atoms with Gasteiger partial charge >= 0.3 is 0 Å². The van der Waals surface area contributed by atoms with Crippen molar-refractivity contribution >= 4 is 5.91 Å². The number of benzene rings is 2. The number of fused-ring (bicyclic) bond motifs is 4. The SMILES string of the molecule is C[C@@H](NC(=O)c1cc(O)cc2c1[C@H]1C[C@H]3NCCC[C@H]3CN1CC2)c1ccccc1. The average Bonchev–Trinajstić information content (AvgIpc) is 2.77. The smallest absolute Gasteiger partial charge is 0.252 e. The lowest BCUT2D eigenvalue weighted by atomic mass is 9.76. The van der Waals surface area contributed by atoms with Crippen LogP contribution in [0.2, 0.25) is 0 Å². The summed E-state index contributed by atoms with van der Waals surface area (Å²) in [5, 5.41) is 17.2. The van der Waals surface area contributed by atoms with Gasteiger partial charge in [-0.25, -0.2) is 0 Å². The molecule has 0 unspecified atom stereocenters. The highest BCUT2D eigenvalue weighted by atomic mass is 16.3. The quantitative estimate of drug-likeness (QED) is 0.731. The first-order chi connectivity index (χ1) is 14.6. The van der Waals surface area contributed by atoms with Gasteiger partial charge in [0.15, 0.2) is 0 Å². The molecule has 5 nitrogen and oxygen atoms in total. The fourth-order valence-corrected chi connectivity index (χ4v) is 5.73. The Balaban J connectivity index is 1.45. The van der Waals surface area contributed by atoms with Gasteiger partial charge < -0.3 is 15.7 Å². The summed E-state index contributed by atoms with van der Waals surface area (Å²) in [6.07, 6.45) is 4.48. The van der Waals surface area contributed by atoms with Crippen LogP contribution in [0.4, 0.5) is 0 Å². The van der Waals surface area contributed by atoms with Gasteiger partial charge in [0, 0.05) is 30.7 Å². The van der Waals surface area contributed by atoms with Crippen molar-refractivity contribution in [3.05, 3.63) is 64.7 Å². The molecule has 0 aromatic heterocycles. The van der Waals surface area contributed by atoms with Crippen molar-refractivity contribution in [2.75, 3.05) is 19.6 Å². The number of nitrogens with one attached hydrogen (secondary N) is 2. The molecule has 0 bridgehead atoms. The van der Waals surface area contributed by atoms with Gasteiger partial charge in [-0.3, -0.25) is 9.69 Å². The van der Waals surface area contributed by atoms with Crippen LogP contribution in [-0.2, 0) is 6.42 Å². The maximum atomic E-state index is 13.4. The molecule has 5 rings (SSSR count). The van der Waals surface area contributed by atoms with E-state index in [4.69, 9.17) is 0 Å². The third-order valence-corrected chi connectivity index (χ3v) is 7.26. The van der Waals surface area contributed by atoms with Crippen molar-refractivity contribution in [1.29, 1.82) is 0 Å². The lowest BCUT2D eigenvalue weighted by molar-refractivity contribution is 0.0542. The third kappa shape index (κ3) is 3.61. The van der Waals surface area contributed by atoms with E-state index in [1.54, 1.807) is 6.07 Å². The number of phenols is 1. The highest BCUT2D eigenvalue weighted by Crippen LogP contribution is 2.43. The van der Waals surface area contributed by atoms with E-state index >= 15 is 0 Å². The number of phenolic OH excluding ortho intramolecular Hbond substituents is 1. The van der Waals surface area contributed by atoms with Crippen LogP contribution in [0.15, 0.2) is 42.5 Å². The standard InChI is InChI=1S/C25H31N3O2/c1-16(17-6-3-2-4-7-17)27-25(30)21-13-20(29)12-18-9-11-28-15-19-8-5-10-26-22(19)14-23(28)24(18)21/h2-4,6-7,12-13,16,19,22-23,26,29H,5,8-11,14-15H2,1H3,(H,27,30)/t16-,19+,22-,23-/m1/s1. The van der Waals surface area contributed by atoms with Crippen molar-refractivity contribution < 1.29 is 9.90 Å². The second-order valence-corrected chi connectivity index (χ2v) is 9.13. The van der Waals surface area contributed by atoms with Crippen molar-refractivity contribution in [3.8, 4) is 5.75 Å². The number of amides is 1. The molecular weight excluding hydrogens is 374 g/mol. The summed E-state index contributed by atoms with van der Waals surface area (Å²) in [6.45, 7) is 5.21. The lowest BCUT2D eigenvalue weighted by Gasteiger charge is -2.49. The Hall–Kier alpha value is -2.37. The first-order valence-electron chi connectivity index (χ1n) is 11.3. The number of carbonyl (C=O) groups is 1. The molecule has 5 heteroatoms. The normalized spacial score (nSPS) is 26.8. The van der Waals surface area contributed by atoms with Crippen LogP contribution in [0.5, 0.6) is 5.75 Å². The monoisotopic (exact) mass is 405 g/mol. The molecule has 2 aromatic carbocycles. The number of piperidine rings is 2. The second-order valence-electron chi connectivity index (χ2n) is 9.13. The fourth-order valence-electron chi connectivity index (χ4n) is 5.73. The number of hydrogen-bond acceptors (Lipinski definition) is 4. The lowest BCUT2D eigenvalue weighted by Crippen LogP contribution is -2.55. The molecular formula is C25H31N3O2. The van der Waals surface area contributed by atoms with Gasteiger partial charge in [-0.15, -0.1) is 0 Å². The van der Waals surface area contributed by atoms with E-state index in [1.807, 2.05) is 43.3 Å². The van der Waals surface area contributed by atoms with Crippen molar-refractivity contribution in [2.45, 2.75) is 50.7 Å². The summed E-state index contributed by atoms with van der Waals surface area (Å²) < 4.78 is 0. The minimum Gasteiger partial charge on any atom is -0.508 e. The predicted octanol–water partition coefficient (Wildman–Crippen LogP) is 3.55. The molecule has 1 amide bonds. The molecule has 3 aliphatic rings. The van der Waals surface area contributed by atoms with Gasteiger partial charge in [0.1, 0.15) is 5.75 Å². The molecule has 3 aliphatic heterocycles. The Morgan fingerprint density at radius 2 is 2.10 bits per heavy atom. The summed E-state index contributed by atoms with van der Waals surface area (Å²) in [5.41, 5.74) is 3.97. The summed E-state index contributed by atoms with van der Waals surface area (Å²) in [4.78, 5) is 15.9. The average molecular weight is 406 g/mol. The highest BCUT2D eigenvalue weighted by molar-refractivity contribution is 5.97. The minimum atomic E-state index is -0.0981. The van der Waals surface area contributed by atoms with Gasteiger partial charge in [0.05, 0.1) is 6.04 Å². The van der Waals surface area contributed by atoms with Crippen LogP contribution in [-0.4, -0.2) is 41.6 Å². The van der Waals surface area contributed by atoms with Crippen molar-refractivity contribution in [1.82, 2.24) is 15.5 Å². The highest BCUT2D eigenvalue weighted by Gasteiger charge is 2.41. The molecule has 2 aromatic rings. The molecule has 0 radical (unpaired) electrons. The molecule has 0 spiro atoms. The maximum absolute atomic E-state index is 13.4. The number of hydrogen-bond donors (Lipinski definition) is 3. The van der Waals surface area contributed by atoms with Gasteiger partial charge in [0.25, 0.3) is 5.91 Å². The Morgan fingerprint density at radius 1 is 1.27 bits per heavy atom. The van der Waals surface area contributed by atoms with Crippen LogP contribution in [0, 0.1) is 5.92 Å². The minimum absolute atomic E-state index is 0.0906. The first kappa shape index (κ1) is 19.6. The van der Waals surface area contributed by atoms with Crippen molar-refractivity contribution in [3.63, 3.8) is 0 Å². The Labute approximate surface area is 178 Å². The maximum Gasteiger partial charge on any atom is 0.252 e. The second kappa shape index (κ2) is 8.05. The summed E-state index contributed by atoms with van der Waals surface area (Å²) in [5.74, 6) is 0.798. The molecule has 4 atom stereocenters. The van der Waals surface area contributed by atoms with Gasteiger partial charge in [0.2, 0.25) is 0 Å². The van der Waals surface area contributed by atoms with E-state index in [0.717, 1.165) is 49.2 Å². The van der Waals surface area contributed by atoms with Gasteiger partial charge in [-0.1, -0.05) is 30.3 Å². The zero-order valence-electron chi connectivity index (χ0n) is 17.6. The van der Waals surface area contributed by atoms with Crippen LogP contribution in [0.1, 0.15) is 65.3 Å². The fraction of sp³-hybridized carbons (Fsp3) is 0.480. The first-order valence-corrected chi connectivity index (χ1v) is 11.3. The number of nitrogens with zero attached hydrogens (tertiary/aromatic N) is 1. The molecule has 0 aliphatic carbocycles. The van der Waals surface area contributed by atoms with E-state index in [2.05, 4.69) is 15.5 Å². The Kier molecular flexibility index (Phi) is 5.25.